The van der Waals surface area contributed by atoms with Crippen LogP contribution >= 0.6 is 11.6 Å². The number of nitrogens with zero attached hydrogens (tertiary/aromatic N) is 3. The highest BCUT2D eigenvalue weighted by Gasteiger charge is 2.10. The SMILES string of the molecule is COc1ccc(-n2cc(C(=O)O)nn2)cc1Cl. The van der Waals surface area contributed by atoms with Gasteiger partial charge in [-0.15, -0.1) is 5.10 Å². The Morgan fingerprint density at radius 3 is 2.82 bits per heavy atom. The molecular weight excluding hydrogens is 246 g/mol. The summed E-state index contributed by atoms with van der Waals surface area (Å²) >= 11 is 5.95. The minimum Gasteiger partial charge on any atom is -0.495 e. The van der Waals surface area contributed by atoms with Crippen molar-refractivity contribution >= 4 is 17.6 Å². The van der Waals surface area contributed by atoms with Crippen LogP contribution in [0.25, 0.3) is 5.69 Å². The molecule has 88 valence electrons. The van der Waals surface area contributed by atoms with Crippen LogP contribution in [0.4, 0.5) is 0 Å². The Morgan fingerprint density at radius 1 is 1.53 bits per heavy atom. The Morgan fingerprint density at radius 2 is 2.29 bits per heavy atom. The van der Waals surface area contributed by atoms with Crippen LogP contribution in [0.1, 0.15) is 10.5 Å². The summed E-state index contributed by atoms with van der Waals surface area (Å²) in [6.45, 7) is 0. The Bertz CT molecular complexity index is 568. The summed E-state index contributed by atoms with van der Waals surface area (Å²) in [4.78, 5) is 10.7. The lowest BCUT2D eigenvalue weighted by Gasteiger charge is -2.05. The van der Waals surface area contributed by atoms with Gasteiger partial charge in [0.15, 0.2) is 5.69 Å². The molecule has 0 saturated heterocycles. The summed E-state index contributed by atoms with van der Waals surface area (Å²) < 4.78 is 6.34. The topological polar surface area (TPSA) is 77.2 Å². The molecule has 2 aromatic rings. The summed E-state index contributed by atoms with van der Waals surface area (Å²) in [6.07, 6.45) is 1.31. The number of rotatable bonds is 3. The van der Waals surface area contributed by atoms with Gasteiger partial charge in [0, 0.05) is 0 Å². The van der Waals surface area contributed by atoms with Gasteiger partial charge in [-0.05, 0) is 18.2 Å². The molecule has 6 nitrogen and oxygen atoms in total. The van der Waals surface area contributed by atoms with E-state index in [9.17, 15) is 4.79 Å². The monoisotopic (exact) mass is 253 g/mol. The van der Waals surface area contributed by atoms with Crippen LogP contribution in [-0.4, -0.2) is 33.2 Å². The summed E-state index contributed by atoms with van der Waals surface area (Å²) in [5, 5.41) is 16.3. The van der Waals surface area contributed by atoms with Gasteiger partial charge in [0.1, 0.15) is 5.75 Å². The average Bonchev–Trinajstić information content (AvgIpc) is 2.78. The van der Waals surface area contributed by atoms with Crippen LogP contribution in [0.15, 0.2) is 24.4 Å². The molecule has 2 rings (SSSR count). The van der Waals surface area contributed by atoms with Crippen molar-refractivity contribution in [3.8, 4) is 11.4 Å². The quantitative estimate of drug-likeness (QED) is 0.900. The van der Waals surface area contributed by atoms with Gasteiger partial charge >= 0.3 is 5.97 Å². The molecule has 1 aromatic heterocycles. The first-order chi connectivity index (χ1) is 8.11. The third-order valence-corrected chi connectivity index (χ3v) is 2.41. The molecule has 1 N–H and O–H groups in total. The van der Waals surface area contributed by atoms with Crippen molar-refractivity contribution in [3.05, 3.63) is 35.1 Å². The first kappa shape index (κ1) is 11.4. The molecule has 0 amide bonds. The lowest BCUT2D eigenvalue weighted by Crippen LogP contribution is -1.96. The highest BCUT2D eigenvalue weighted by molar-refractivity contribution is 6.32. The molecule has 0 aliphatic rings. The lowest BCUT2D eigenvalue weighted by molar-refractivity contribution is 0.0690. The van der Waals surface area contributed by atoms with Crippen LogP contribution < -0.4 is 4.74 Å². The van der Waals surface area contributed by atoms with Crippen molar-refractivity contribution in [2.45, 2.75) is 0 Å². The number of methoxy groups -OCH3 is 1. The fourth-order valence-electron chi connectivity index (χ4n) is 1.29. The van der Waals surface area contributed by atoms with Gasteiger partial charge in [0.05, 0.1) is 24.0 Å². The van der Waals surface area contributed by atoms with E-state index < -0.39 is 5.97 Å². The number of aromatic carboxylic acids is 1. The third kappa shape index (κ3) is 2.21. The fraction of sp³-hybridized carbons (Fsp3) is 0.100. The Hall–Kier alpha value is -2.08. The maximum atomic E-state index is 10.7. The smallest absolute Gasteiger partial charge is 0.358 e. The van der Waals surface area contributed by atoms with Crippen LogP contribution in [0.3, 0.4) is 0 Å². The number of hydrogen-bond donors (Lipinski definition) is 1. The maximum absolute atomic E-state index is 10.7. The maximum Gasteiger partial charge on any atom is 0.358 e. The zero-order chi connectivity index (χ0) is 12.4. The van der Waals surface area contributed by atoms with Crippen LogP contribution in [-0.2, 0) is 0 Å². The first-order valence-corrected chi connectivity index (χ1v) is 4.99. The summed E-state index contributed by atoms with van der Waals surface area (Å²) in [7, 11) is 1.51. The molecule has 1 heterocycles. The predicted octanol–water partition coefficient (Wildman–Crippen LogP) is 1.63. The summed E-state index contributed by atoms with van der Waals surface area (Å²) in [5.41, 5.74) is 0.479. The first-order valence-electron chi connectivity index (χ1n) is 4.61. The van der Waals surface area contributed by atoms with E-state index in [1.54, 1.807) is 18.2 Å². The molecule has 7 heteroatoms. The highest BCUT2D eigenvalue weighted by atomic mass is 35.5. The molecule has 1 aromatic carbocycles. The zero-order valence-electron chi connectivity index (χ0n) is 8.79. The van der Waals surface area contributed by atoms with Crippen molar-refractivity contribution in [2.24, 2.45) is 0 Å². The molecule has 0 atom stereocenters. The fourth-order valence-corrected chi connectivity index (χ4v) is 1.54. The molecule has 0 aliphatic heterocycles. The number of carbonyl (C=O) groups is 1. The van der Waals surface area contributed by atoms with Gasteiger partial charge in [0.25, 0.3) is 0 Å². The number of ether oxygens (including phenoxy) is 1. The molecule has 17 heavy (non-hydrogen) atoms. The molecule has 0 saturated carbocycles. The normalized spacial score (nSPS) is 10.2. The Labute approximate surface area is 101 Å². The molecule has 0 bridgehead atoms. The average molecular weight is 254 g/mol. The van der Waals surface area contributed by atoms with Gasteiger partial charge in [-0.1, -0.05) is 16.8 Å². The van der Waals surface area contributed by atoms with E-state index in [1.165, 1.54) is 18.0 Å². The number of carboxylic acid groups (broad SMARTS) is 1. The minimum atomic E-state index is -1.13. The molecule has 0 fully saturated rings. The second kappa shape index (κ2) is 4.42. The number of benzene rings is 1. The van der Waals surface area contributed by atoms with E-state index in [2.05, 4.69) is 10.3 Å². The third-order valence-electron chi connectivity index (χ3n) is 2.11. The van der Waals surface area contributed by atoms with Crippen molar-refractivity contribution in [3.63, 3.8) is 0 Å². The van der Waals surface area contributed by atoms with E-state index >= 15 is 0 Å². The van der Waals surface area contributed by atoms with Gasteiger partial charge < -0.3 is 9.84 Å². The standard InChI is InChI=1S/C10H8ClN3O3/c1-17-9-3-2-6(4-7(9)11)14-5-8(10(15)16)12-13-14/h2-5H,1H3,(H,15,16). The number of aromatic nitrogens is 3. The van der Waals surface area contributed by atoms with Gasteiger partial charge in [-0.2, -0.15) is 0 Å². The van der Waals surface area contributed by atoms with E-state index in [0.29, 0.717) is 16.5 Å². The lowest BCUT2D eigenvalue weighted by atomic mass is 10.3. The van der Waals surface area contributed by atoms with Crippen molar-refractivity contribution in [1.82, 2.24) is 15.0 Å². The van der Waals surface area contributed by atoms with E-state index in [-0.39, 0.29) is 5.69 Å². The van der Waals surface area contributed by atoms with Gasteiger partial charge in [0.2, 0.25) is 0 Å². The highest BCUT2D eigenvalue weighted by Crippen LogP contribution is 2.26. The molecule has 0 unspecified atom stereocenters. The summed E-state index contributed by atoms with van der Waals surface area (Å²) in [6, 6.07) is 4.98. The predicted molar refractivity (Wildman–Crippen MR) is 59.9 cm³/mol. The van der Waals surface area contributed by atoms with Crippen LogP contribution in [0, 0.1) is 0 Å². The Kier molecular flexibility index (Phi) is 2.97. The molecule has 0 spiro atoms. The molecule has 0 radical (unpaired) electrons. The van der Waals surface area contributed by atoms with Crippen LogP contribution in [0.5, 0.6) is 5.75 Å². The van der Waals surface area contributed by atoms with Gasteiger partial charge in [-0.3, -0.25) is 0 Å². The van der Waals surface area contributed by atoms with Gasteiger partial charge in [-0.25, -0.2) is 9.48 Å². The van der Waals surface area contributed by atoms with Crippen molar-refractivity contribution in [2.75, 3.05) is 7.11 Å². The van der Waals surface area contributed by atoms with E-state index in [4.69, 9.17) is 21.4 Å². The number of halogens is 1. The largest absolute Gasteiger partial charge is 0.495 e. The number of hydrogen-bond acceptors (Lipinski definition) is 4. The minimum absolute atomic E-state index is 0.128. The molecular formula is C10H8ClN3O3. The summed E-state index contributed by atoms with van der Waals surface area (Å²) in [5.74, 6) is -0.593. The molecule has 0 aliphatic carbocycles. The van der Waals surface area contributed by atoms with Crippen molar-refractivity contribution in [1.29, 1.82) is 0 Å². The van der Waals surface area contributed by atoms with E-state index in [0.717, 1.165) is 0 Å². The second-order valence-electron chi connectivity index (χ2n) is 3.17. The van der Waals surface area contributed by atoms with Crippen LogP contribution in [0.2, 0.25) is 5.02 Å². The zero-order valence-corrected chi connectivity index (χ0v) is 9.55. The number of carboxylic acids is 1. The Balaban J connectivity index is 2.39. The van der Waals surface area contributed by atoms with E-state index in [1.807, 2.05) is 0 Å². The van der Waals surface area contributed by atoms with Crippen molar-refractivity contribution < 1.29 is 14.6 Å². The second-order valence-corrected chi connectivity index (χ2v) is 3.58.